The van der Waals surface area contributed by atoms with Crippen molar-refractivity contribution in [2.45, 2.75) is 25.8 Å². The molecule has 2 aromatic rings. The van der Waals surface area contributed by atoms with Gasteiger partial charge in [0.05, 0.1) is 14.2 Å². The van der Waals surface area contributed by atoms with Crippen molar-refractivity contribution in [3.63, 3.8) is 0 Å². The van der Waals surface area contributed by atoms with E-state index in [2.05, 4.69) is 10.6 Å². The van der Waals surface area contributed by atoms with E-state index in [1.165, 1.54) is 7.11 Å². The minimum Gasteiger partial charge on any atom is -0.493 e. The van der Waals surface area contributed by atoms with Crippen molar-refractivity contribution in [3.05, 3.63) is 53.1 Å². The minimum atomic E-state index is -0.284. The lowest BCUT2D eigenvalue weighted by Crippen LogP contribution is -2.25. The highest BCUT2D eigenvalue weighted by Crippen LogP contribution is 2.28. The fraction of sp³-hybridized carbons (Fsp3) is 0.300. The van der Waals surface area contributed by atoms with Crippen molar-refractivity contribution >= 4 is 17.5 Å². The van der Waals surface area contributed by atoms with E-state index in [1.807, 2.05) is 13.0 Å². The Hall–Kier alpha value is -3.02. The van der Waals surface area contributed by atoms with Crippen LogP contribution in [0.15, 0.2) is 36.4 Å². The Bertz CT molecular complexity index is 844. The van der Waals surface area contributed by atoms with E-state index >= 15 is 0 Å². The van der Waals surface area contributed by atoms with Gasteiger partial charge in [0.1, 0.15) is 0 Å². The zero-order valence-electron chi connectivity index (χ0n) is 15.1. The number of benzene rings is 2. The summed E-state index contributed by atoms with van der Waals surface area (Å²) in [5.74, 6) is 0.635. The molecule has 0 aliphatic heterocycles. The Morgan fingerprint density at radius 3 is 2.23 bits per heavy atom. The van der Waals surface area contributed by atoms with Gasteiger partial charge in [-0.25, -0.2) is 0 Å². The summed E-state index contributed by atoms with van der Waals surface area (Å²) in [6.45, 7) is 1.88. The number of carbonyl (C=O) groups is 2. The number of ether oxygens (including phenoxy) is 2. The first-order valence-corrected chi connectivity index (χ1v) is 8.46. The van der Waals surface area contributed by atoms with Gasteiger partial charge in [0.2, 0.25) is 0 Å². The van der Waals surface area contributed by atoms with E-state index in [0.29, 0.717) is 28.3 Å². The molecule has 1 aliphatic rings. The largest absolute Gasteiger partial charge is 0.493 e. The lowest BCUT2D eigenvalue weighted by atomic mass is 10.1. The molecular weight excluding hydrogens is 332 g/mol. The average Bonchev–Trinajstić information content (AvgIpc) is 3.46. The average molecular weight is 354 g/mol. The number of amides is 2. The van der Waals surface area contributed by atoms with Gasteiger partial charge in [0.25, 0.3) is 11.8 Å². The molecule has 0 bridgehead atoms. The smallest absolute Gasteiger partial charge is 0.255 e. The summed E-state index contributed by atoms with van der Waals surface area (Å²) < 4.78 is 10.4. The molecule has 6 heteroatoms. The van der Waals surface area contributed by atoms with Gasteiger partial charge in [0.15, 0.2) is 11.5 Å². The molecule has 0 heterocycles. The van der Waals surface area contributed by atoms with Crippen LogP contribution < -0.4 is 20.1 Å². The van der Waals surface area contributed by atoms with Crippen molar-refractivity contribution in [2.24, 2.45) is 0 Å². The number of carbonyl (C=O) groups excluding carboxylic acids is 2. The van der Waals surface area contributed by atoms with Gasteiger partial charge >= 0.3 is 0 Å². The van der Waals surface area contributed by atoms with Crippen LogP contribution in [0.25, 0.3) is 0 Å². The van der Waals surface area contributed by atoms with Gasteiger partial charge in [-0.2, -0.15) is 0 Å². The molecule has 1 aliphatic carbocycles. The summed E-state index contributed by atoms with van der Waals surface area (Å²) in [5.41, 5.74) is 2.45. The van der Waals surface area contributed by atoms with Crippen molar-refractivity contribution in [1.29, 1.82) is 0 Å². The number of hydrogen-bond donors (Lipinski definition) is 2. The molecule has 3 rings (SSSR count). The molecule has 2 aromatic carbocycles. The van der Waals surface area contributed by atoms with Crippen molar-refractivity contribution in [3.8, 4) is 11.5 Å². The molecule has 0 unspecified atom stereocenters. The predicted molar refractivity (Wildman–Crippen MR) is 99.2 cm³/mol. The highest BCUT2D eigenvalue weighted by Gasteiger charge is 2.24. The third kappa shape index (κ3) is 3.96. The van der Waals surface area contributed by atoms with E-state index in [0.717, 1.165) is 18.4 Å². The van der Waals surface area contributed by atoms with E-state index in [9.17, 15) is 9.59 Å². The van der Waals surface area contributed by atoms with Crippen LogP contribution in [0, 0.1) is 6.92 Å². The van der Waals surface area contributed by atoms with Gasteiger partial charge in [0, 0.05) is 22.9 Å². The summed E-state index contributed by atoms with van der Waals surface area (Å²) >= 11 is 0. The van der Waals surface area contributed by atoms with Crippen LogP contribution in [0.3, 0.4) is 0 Å². The van der Waals surface area contributed by atoms with Crippen LogP contribution in [0.4, 0.5) is 5.69 Å². The second-order valence-corrected chi connectivity index (χ2v) is 6.30. The Kier molecular flexibility index (Phi) is 5.11. The Morgan fingerprint density at radius 1 is 0.923 bits per heavy atom. The molecule has 26 heavy (non-hydrogen) atoms. The maximum Gasteiger partial charge on any atom is 0.255 e. The number of hydrogen-bond acceptors (Lipinski definition) is 4. The molecule has 2 amide bonds. The lowest BCUT2D eigenvalue weighted by molar-refractivity contribution is 0.0949. The van der Waals surface area contributed by atoms with Crippen LogP contribution in [0.2, 0.25) is 0 Å². The van der Waals surface area contributed by atoms with Crippen molar-refractivity contribution in [1.82, 2.24) is 5.32 Å². The maximum absolute atomic E-state index is 12.6. The maximum atomic E-state index is 12.6. The second-order valence-electron chi connectivity index (χ2n) is 6.30. The van der Waals surface area contributed by atoms with Crippen LogP contribution >= 0.6 is 0 Å². The Morgan fingerprint density at radius 2 is 1.58 bits per heavy atom. The summed E-state index contributed by atoms with van der Waals surface area (Å²) in [6, 6.07) is 10.5. The summed E-state index contributed by atoms with van der Waals surface area (Å²) in [6.07, 6.45) is 2.06. The standard InChI is InChI=1S/C20H22N2O4/c1-12-4-5-13(19(23)21-15-7-8-15)10-16(12)22-20(24)14-6-9-17(25-2)18(11-14)26-3/h4-6,9-11,15H,7-8H2,1-3H3,(H,21,23)(H,22,24). The van der Waals surface area contributed by atoms with Gasteiger partial charge in [-0.05, 0) is 55.7 Å². The third-order valence-electron chi connectivity index (χ3n) is 4.31. The monoisotopic (exact) mass is 354 g/mol. The van der Waals surface area contributed by atoms with Crippen molar-refractivity contribution in [2.75, 3.05) is 19.5 Å². The first-order valence-electron chi connectivity index (χ1n) is 8.46. The molecule has 0 radical (unpaired) electrons. The minimum absolute atomic E-state index is 0.117. The molecule has 1 saturated carbocycles. The molecular formula is C20H22N2O4. The van der Waals surface area contributed by atoms with Crippen LogP contribution in [-0.4, -0.2) is 32.1 Å². The van der Waals surface area contributed by atoms with Crippen molar-refractivity contribution < 1.29 is 19.1 Å². The quantitative estimate of drug-likeness (QED) is 0.835. The van der Waals surface area contributed by atoms with Crippen LogP contribution in [0.1, 0.15) is 39.1 Å². The fourth-order valence-electron chi connectivity index (χ4n) is 2.57. The SMILES string of the molecule is COc1ccc(C(=O)Nc2cc(C(=O)NC3CC3)ccc2C)cc1OC. The number of methoxy groups -OCH3 is 2. The molecule has 0 spiro atoms. The van der Waals surface area contributed by atoms with Gasteiger partial charge in [-0.15, -0.1) is 0 Å². The first kappa shape index (κ1) is 17.8. The van der Waals surface area contributed by atoms with Gasteiger partial charge in [-0.1, -0.05) is 6.07 Å². The number of anilines is 1. The fourth-order valence-corrected chi connectivity index (χ4v) is 2.57. The molecule has 1 fully saturated rings. The molecule has 0 atom stereocenters. The Labute approximate surface area is 152 Å². The van der Waals surface area contributed by atoms with E-state index in [-0.39, 0.29) is 17.9 Å². The summed E-state index contributed by atoms with van der Waals surface area (Å²) in [7, 11) is 3.06. The topological polar surface area (TPSA) is 76.7 Å². The highest BCUT2D eigenvalue weighted by atomic mass is 16.5. The van der Waals surface area contributed by atoms with E-state index < -0.39 is 0 Å². The first-order chi connectivity index (χ1) is 12.5. The predicted octanol–water partition coefficient (Wildman–Crippen LogP) is 3.16. The van der Waals surface area contributed by atoms with Gasteiger partial charge < -0.3 is 20.1 Å². The zero-order valence-corrected chi connectivity index (χ0v) is 15.1. The normalized spacial score (nSPS) is 13.0. The zero-order chi connectivity index (χ0) is 18.7. The number of aryl methyl sites for hydroxylation is 1. The lowest BCUT2D eigenvalue weighted by Gasteiger charge is -2.12. The van der Waals surface area contributed by atoms with Crippen LogP contribution in [-0.2, 0) is 0 Å². The van der Waals surface area contributed by atoms with E-state index in [1.54, 1.807) is 37.4 Å². The molecule has 6 nitrogen and oxygen atoms in total. The third-order valence-corrected chi connectivity index (χ3v) is 4.31. The molecule has 136 valence electrons. The summed E-state index contributed by atoms with van der Waals surface area (Å²) in [5, 5.41) is 5.81. The molecule has 2 N–H and O–H groups in total. The number of nitrogens with one attached hydrogen (secondary N) is 2. The second kappa shape index (κ2) is 7.47. The van der Waals surface area contributed by atoms with Gasteiger partial charge in [-0.3, -0.25) is 9.59 Å². The molecule has 0 aromatic heterocycles. The Balaban J connectivity index is 1.79. The summed E-state index contributed by atoms with van der Waals surface area (Å²) in [4.78, 5) is 24.8. The molecule has 0 saturated heterocycles. The highest BCUT2D eigenvalue weighted by molar-refractivity contribution is 6.06. The van der Waals surface area contributed by atoms with Crippen LogP contribution in [0.5, 0.6) is 11.5 Å². The van der Waals surface area contributed by atoms with E-state index in [4.69, 9.17) is 9.47 Å². The number of rotatable bonds is 6.